The lowest BCUT2D eigenvalue weighted by atomic mass is 10.2. The third-order valence-electron chi connectivity index (χ3n) is 3.22. The summed E-state index contributed by atoms with van der Waals surface area (Å²) in [7, 11) is 0. The quantitative estimate of drug-likeness (QED) is 0.707. The average molecular weight is 321 g/mol. The van der Waals surface area contributed by atoms with E-state index in [4.69, 9.17) is 14.2 Å². The second-order valence-corrected chi connectivity index (χ2v) is 5.36. The predicted octanol–water partition coefficient (Wildman–Crippen LogP) is 2.31. The summed E-state index contributed by atoms with van der Waals surface area (Å²) in [4.78, 5) is 23.6. The van der Waals surface area contributed by atoms with Gasteiger partial charge in [-0.05, 0) is 44.4 Å². The van der Waals surface area contributed by atoms with E-state index in [1.54, 1.807) is 18.2 Å². The first-order valence-electron chi connectivity index (χ1n) is 8.00. The van der Waals surface area contributed by atoms with Crippen molar-refractivity contribution < 1.29 is 23.8 Å². The number of ether oxygens (including phenoxy) is 3. The van der Waals surface area contributed by atoms with Crippen LogP contribution in [-0.2, 0) is 9.53 Å². The van der Waals surface area contributed by atoms with E-state index in [1.807, 2.05) is 13.8 Å². The molecule has 1 aromatic rings. The van der Waals surface area contributed by atoms with Crippen LogP contribution in [0.25, 0.3) is 0 Å². The Hall–Kier alpha value is -2.24. The summed E-state index contributed by atoms with van der Waals surface area (Å²) in [5, 5.41) is 2.76. The molecule has 0 unspecified atom stereocenters. The zero-order valence-corrected chi connectivity index (χ0v) is 13.6. The van der Waals surface area contributed by atoms with E-state index in [9.17, 15) is 9.59 Å². The molecular formula is C17H23NO5. The summed E-state index contributed by atoms with van der Waals surface area (Å²) in [6.07, 6.45) is 2.87. The lowest BCUT2D eigenvalue weighted by Crippen LogP contribution is -2.30. The van der Waals surface area contributed by atoms with E-state index in [1.165, 1.54) is 0 Å². The van der Waals surface area contributed by atoms with Gasteiger partial charge in [-0.2, -0.15) is 0 Å². The summed E-state index contributed by atoms with van der Waals surface area (Å²) < 4.78 is 16.1. The molecule has 1 N–H and O–H groups in total. The molecular weight excluding hydrogens is 298 g/mol. The zero-order chi connectivity index (χ0) is 16.7. The molecule has 1 fully saturated rings. The lowest BCUT2D eigenvalue weighted by Gasteiger charge is -2.12. The molecule has 0 aliphatic heterocycles. The molecule has 0 heterocycles. The Labute approximate surface area is 136 Å². The highest BCUT2D eigenvalue weighted by atomic mass is 16.5. The molecule has 0 aromatic heterocycles. The number of esters is 1. The van der Waals surface area contributed by atoms with Crippen molar-refractivity contribution in [3.63, 3.8) is 0 Å². The number of benzene rings is 1. The minimum absolute atomic E-state index is 0.251. The summed E-state index contributed by atoms with van der Waals surface area (Å²) in [5.74, 6) is 0.266. The van der Waals surface area contributed by atoms with Gasteiger partial charge in [0.1, 0.15) is 0 Å². The molecule has 0 saturated heterocycles. The van der Waals surface area contributed by atoms with E-state index in [0.717, 1.165) is 19.3 Å². The highest BCUT2D eigenvalue weighted by molar-refractivity contribution is 5.92. The number of hydrogen-bond acceptors (Lipinski definition) is 5. The Morgan fingerprint density at radius 3 is 2.61 bits per heavy atom. The molecule has 1 aliphatic rings. The van der Waals surface area contributed by atoms with E-state index < -0.39 is 5.97 Å². The first-order valence-corrected chi connectivity index (χ1v) is 8.00. The molecule has 6 heteroatoms. The molecule has 1 amide bonds. The third kappa shape index (κ3) is 5.47. The number of hydrogen-bond donors (Lipinski definition) is 1. The topological polar surface area (TPSA) is 73.9 Å². The van der Waals surface area contributed by atoms with Gasteiger partial charge in [0, 0.05) is 6.04 Å². The van der Waals surface area contributed by atoms with Gasteiger partial charge in [-0.15, -0.1) is 0 Å². The van der Waals surface area contributed by atoms with E-state index in [-0.39, 0.29) is 18.6 Å². The van der Waals surface area contributed by atoms with Crippen molar-refractivity contribution in [2.75, 3.05) is 19.8 Å². The Morgan fingerprint density at radius 2 is 1.96 bits per heavy atom. The van der Waals surface area contributed by atoms with Gasteiger partial charge < -0.3 is 19.5 Å². The van der Waals surface area contributed by atoms with E-state index in [2.05, 4.69) is 5.32 Å². The summed E-state index contributed by atoms with van der Waals surface area (Å²) in [6.45, 7) is 4.64. The van der Waals surface area contributed by atoms with Crippen LogP contribution in [0, 0.1) is 0 Å². The van der Waals surface area contributed by atoms with Crippen molar-refractivity contribution >= 4 is 11.9 Å². The van der Waals surface area contributed by atoms with Crippen LogP contribution in [-0.4, -0.2) is 37.7 Å². The summed E-state index contributed by atoms with van der Waals surface area (Å²) in [6, 6.07) is 5.12. The van der Waals surface area contributed by atoms with Crippen molar-refractivity contribution in [2.45, 2.75) is 39.2 Å². The van der Waals surface area contributed by atoms with Gasteiger partial charge in [0.2, 0.25) is 0 Å². The van der Waals surface area contributed by atoms with Crippen molar-refractivity contribution in [2.24, 2.45) is 0 Å². The maximum Gasteiger partial charge on any atom is 0.338 e. The van der Waals surface area contributed by atoms with Crippen molar-refractivity contribution in [1.82, 2.24) is 5.32 Å². The first kappa shape index (κ1) is 17.1. The molecule has 0 spiro atoms. The number of carbonyl (C=O) groups is 2. The van der Waals surface area contributed by atoms with Crippen LogP contribution >= 0.6 is 0 Å². The SMILES string of the molecule is CCCOc1ccc(C(=O)OCC(=O)NC2CC2)cc1OCC. The van der Waals surface area contributed by atoms with Crippen LogP contribution in [0.2, 0.25) is 0 Å². The Bertz CT molecular complexity index is 554. The van der Waals surface area contributed by atoms with Gasteiger partial charge in [0.25, 0.3) is 5.91 Å². The molecule has 1 saturated carbocycles. The van der Waals surface area contributed by atoms with Gasteiger partial charge in [-0.3, -0.25) is 4.79 Å². The second kappa shape index (κ2) is 8.41. The fraction of sp³-hybridized carbons (Fsp3) is 0.529. The van der Waals surface area contributed by atoms with Crippen LogP contribution in [0.4, 0.5) is 0 Å². The van der Waals surface area contributed by atoms with E-state index >= 15 is 0 Å². The summed E-state index contributed by atoms with van der Waals surface area (Å²) in [5.41, 5.74) is 0.330. The molecule has 0 bridgehead atoms. The largest absolute Gasteiger partial charge is 0.490 e. The Kier molecular flexibility index (Phi) is 6.26. The fourth-order valence-corrected chi connectivity index (χ4v) is 1.95. The first-order chi connectivity index (χ1) is 11.1. The second-order valence-electron chi connectivity index (χ2n) is 5.36. The molecule has 1 aromatic carbocycles. The predicted molar refractivity (Wildman–Crippen MR) is 84.8 cm³/mol. The van der Waals surface area contributed by atoms with Crippen LogP contribution in [0.1, 0.15) is 43.5 Å². The number of nitrogens with one attached hydrogen (secondary N) is 1. The number of carbonyl (C=O) groups excluding carboxylic acids is 2. The van der Waals surface area contributed by atoms with Gasteiger partial charge in [0.05, 0.1) is 18.8 Å². The van der Waals surface area contributed by atoms with E-state index in [0.29, 0.717) is 30.3 Å². The molecule has 23 heavy (non-hydrogen) atoms. The molecule has 126 valence electrons. The van der Waals surface area contributed by atoms with Crippen LogP contribution in [0.3, 0.4) is 0 Å². The minimum Gasteiger partial charge on any atom is -0.490 e. The molecule has 1 aliphatic carbocycles. The van der Waals surface area contributed by atoms with Crippen molar-refractivity contribution in [3.05, 3.63) is 23.8 Å². The molecule has 0 atom stereocenters. The average Bonchev–Trinajstić information content (AvgIpc) is 3.35. The van der Waals surface area contributed by atoms with Gasteiger partial charge in [-0.1, -0.05) is 6.92 Å². The minimum atomic E-state index is -0.557. The van der Waals surface area contributed by atoms with Crippen molar-refractivity contribution in [3.8, 4) is 11.5 Å². The van der Waals surface area contributed by atoms with Crippen molar-refractivity contribution in [1.29, 1.82) is 0 Å². The van der Waals surface area contributed by atoms with Crippen LogP contribution in [0.15, 0.2) is 18.2 Å². The maximum atomic E-state index is 12.0. The fourth-order valence-electron chi connectivity index (χ4n) is 1.95. The van der Waals surface area contributed by atoms with Crippen LogP contribution in [0.5, 0.6) is 11.5 Å². The zero-order valence-electron chi connectivity index (χ0n) is 13.6. The standard InChI is InChI=1S/C17H23NO5/c1-3-9-22-14-8-5-12(10-15(14)21-4-2)17(20)23-11-16(19)18-13-6-7-13/h5,8,10,13H,3-4,6-7,9,11H2,1-2H3,(H,18,19). The van der Waals surface area contributed by atoms with Gasteiger partial charge in [-0.25, -0.2) is 4.79 Å². The monoisotopic (exact) mass is 321 g/mol. The third-order valence-corrected chi connectivity index (χ3v) is 3.22. The molecule has 6 nitrogen and oxygen atoms in total. The smallest absolute Gasteiger partial charge is 0.338 e. The van der Waals surface area contributed by atoms with Crippen LogP contribution < -0.4 is 14.8 Å². The summed E-state index contributed by atoms with van der Waals surface area (Å²) >= 11 is 0. The molecule has 2 rings (SSSR count). The Balaban J connectivity index is 1.95. The number of rotatable bonds is 9. The van der Waals surface area contributed by atoms with Gasteiger partial charge >= 0.3 is 5.97 Å². The number of amides is 1. The highest BCUT2D eigenvalue weighted by Gasteiger charge is 2.23. The maximum absolute atomic E-state index is 12.0. The van der Waals surface area contributed by atoms with Gasteiger partial charge in [0.15, 0.2) is 18.1 Å². The molecule has 0 radical (unpaired) electrons. The Morgan fingerprint density at radius 1 is 1.17 bits per heavy atom. The normalized spacial score (nSPS) is 13.3. The highest BCUT2D eigenvalue weighted by Crippen LogP contribution is 2.29. The lowest BCUT2D eigenvalue weighted by molar-refractivity contribution is -0.124.